The molecule has 28 heavy (non-hydrogen) atoms. The Hall–Kier alpha value is -3.02. The predicted molar refractivity (Wildman–Crippen MR) is 109 cm³/mol. The summed E-state index contributed by atoms with van der Waals surface area (Å²) in [6, 6.07) is 10.9. The highest BCUT2D eigenvalue weighted by molar-refractivity contribution is 6.08. The number of anilines is 2. The highest BCUT2D eigenvalue weighted by atomic mass is 16.5. The molecule has 0 aromatic heterocycles. The fourth-order valence-electron chi connectivity index (χ4n) is 3.46. The predicted octanol–water partition coefficient (Wildman–Crippen LogP) is 3.89. The first-order chi connectivity index (χ1) is 13.5. The van der Waals surface area contributed by atoms with Crippen molar-refractivity contribution in [2.24, 2.45) is 5.92 Å². The Morgan fingerprint density at radius 2 is 1.75 bits per heavy atom. The zero-order valence-electron chi connectivity index (χ0n) is 16.7. The normalized spacial score (nSPS) is 13.1. The van der Waals surface area contributed by atoms with Gasteiger partial charge in [0.2, 0.25) is 5.91 Å². The molecule has 2 aromatic carbocycles. The quantitative estimate of drug-likeness (QED) is 0.852. The van der Waals surface area contributed by atoms with Gasteiger partial charge in [-0.05, 0) is 42.7 Å². The third-order valence-electron chi connectivity index (χ3n) is 4.88. The van der Waals surface area contributed by atoms with Crippen LogP contribution in [0.1, 0.15) is 36.2 Å². The molecule has 6 heteroatoms. The summed E-state index contributed by atoms with van der Waals surface area (Å²) >= 11 is 0. The van der Waals surface area contributed by atoms with Gasteiger partial charge in [-0.15, -0.1) is 0 Å². The van der Waals surface area contributed by atoms with Crippen molar-refractivity contribution in [2.75, 3.05) is 31.0 Å². The molecule has 0 radical (unpaired) electrons. The van der Waals surface area contributed by atoms with Gasteiger partial charge in [0.1, 0.15) is 17.1 Å². The van der Waals surface area contributed by atoms with E-state index in [-0.39, 0.29) is 17.7 Å². The lowest BCUT2D eigenvalue weighted by atomic mass is 9.99. The van der Waals surface area contributed by atoms with Crippen LogP contribution in [-0.4, -0.2) is 32.6 Å². The Balaban J connectivity index is 1.92. The molecule has 1 aliphatic rings. The van der Waals surface area contributed by atoms with E-state index in [4.69, 9.17) is 9.47 Å². The molecule has 0 atom stereocenters. The van der Waals surface area contributed by atoms with Crippen molar-refractivity contribution >= 4 is 23.2 Å². The number of nitrogens with one attached hydrogen (secondary N) is 1. The molecule has 3 rings (SSSR count). The Labute approximate surface area is 165 Å². The Morgan fingerprint density at radius 1 is 1.07 bits per heavy atom. The molecule has 0 bridgehead atoms. The van der Waals surface area contributed by atoms with Crippen molar-refractivity contribution in [3.8, 4) is 11.5 Å². The van der Waals surface area contributed by atoms with Gasteiger partial charge in [-0.25, -0.2) is 0 Å². The highest BCUT2D eigenvalue weighted by Crippen LogP contribution is 2.33. The third-order valence-corrected chi connectivity index (χ3v) is 4.88. The molecule has 2 amide bonds. The number of benzene rings is 2. The molecule has 1 heterocycles. The summed E-state index contributed by atoms with van der Waals surface area (Å²) in [6.07, 6.45) is 1.86. The molecule has 1 N–H and O–H groups in total. The fraction of sp³-hybridized carbons (Fsp3) is 0.364. The van der Waals surface area contributed by atoms with Crippen molar-refractivity contribution < 1.29 is 19.1 Å². The maximum Gasteiger partial charge on any atom is 0.263 e. The highest BCUT2D eigenvalue weighted by Gasteiger charge is 2.25. The van der Waals surface area contributed by atoms with Crippen LogP contribution in [-0.2, 0) is 11.2 Å². The minimum absolute atomic E-state index is 0.0814. The standard InChI is InChI=1S/C22H26N2O4/c1-14(2)22(26)24-12-6-7-15-10-11-16(13-17(15)24)23-21(25)20-18(27-3)8-5-9-19(20)28-4/h5,8-11,13-14H,6-7,12H2,1-4H3,(H,23,25). The van der Waals surface area contributed by atoms with Crippen molar-refractivity contribution in [1.29, 1.82) is 0 Å². The van der Waals surface area contributed by atoms with E-state index < -0.39 is 0 Å². The zero-order chi connectivity index (χ0) is 20.3. The van der Waals surface area contributed by atoms with Gasteiger partial charge in [0.05, 0.1) is 14.2 Å². The van der Waals surface area contributed by atoms with E-state index >= 15 is 0 Å². The first-order valence-corrected chi connectivity index (χ1v) is 9.43. The number of rotatable bonds is 5. The van der Waals surface area contributed by atoms with Crippen LogP contribution in [0.3, 0.4) is 0 Å². The molecule has 0 spiro atoms. The van der Waals surface area contributed by atoms with Gasteiger partial charge in [0.25, 0.3) is 5.91 Å². The van der Waals surface area contributed by atoms with Gasteiger partial charge >= 0.3 is 0 Å². The van der Waals surface area contributed by atoms with Crippen LogP contribution in [0.2, 0.25) is 0 Å². The van der Waals surface area contributed by atoms with E-state index in [9.17, 15) is 9.59 Å². The summed E-state index contributed by atoms with van der Waals surface area (Å²) in [5.41, 5.74) is 2.95. The number of aryl methyl sites for hydroxylation is 1. The van der Waals surface area contributed by atoms with Gasteiger partial charge in [-0.2, -0.15) is 0 Å². The van der Waals surface area contributed by atoms with Gasteiger partial charge in [-0.1, -0.05) is 26.0 Å². The van der Waals surface area contributed by atoms with E-state index in [2.05, 4.69) is 5.32 Å². The Morgan fingerprint density at radius 3 is 2.36 bits per heavy atom. The summed E-state index contributed by atoms with van der Waals surface area (Å²) < 4.78 is 10.6. The number of nitrogens with zero attached hydrogens (tertiary/aromatic N) is 1. The lowest BCUT2D eigenvalue weighted by molar-refractivity contribution is -0.121. The van der Waals surface area contributed by atoms with E-state index in [0.29, 0.717) is 29.3 Å². The number of hydrogen-bond acceptors (Lipinski definition) is 4. The number of amides is 2. The molecule has 6 nitrogen and oxygen atoms in total. The smallest absolute Gasteiger partial charge is 0.263 e. The maximum atomic E-state index is 12.9. The van der Waals surface area contributed by atoms with Gasteiger partial charge < -0.3 is 19.7 Å². The Bertz CT molecular complexity index is 870. The largest absolute Gasteiger partial charge is 0.496 e. The van der Waals surface area contributed by atoms with Gasteiger partial charge in [-0.3, -0.25) is 9.59 Å². The summed E-state index contributed by atoms with van der Waals surface area (Å²) in [6.45, 7) is 4.49. The van der Waals surface area contributed by atoms with E-state index in [1.165, 1.54) is 14.2 Å². The Kier molecular flexibility index (Phi) is 5.87. The minimum atomic E-state index is -0.327. The number of methoxy groups -OCH3 is 2. The van der Waals surface area contributed by atoms with Crippen LogP contribution in [0.25, 0.3) is 0 Å². The topological polar surface area (TPSA) is 67.9 Å². The fourth-order valence-corrected chi connectivity index (χ4v) is 3.46. The van der Waals surface area contributed by atoms with E-state index in [0.717, 1.165) is 24.1 Å². The van der Waals surface area contributed by atoms with Crippen LogP contribution in [0.4, 0.5) is 11.4 Å². The number of fused-ring (bicyclic) bond motifs is 1. The zero-order valence-corrected chi connectivity index (χ0v) is 16.7. The first-order valence-electron chi connectivity index (χ1n) is 9.43. The van der Waals surface area contributed by atoms with Crippen LogP contribution in [0.5, 0.6) is 11.5 Å². The SMILES string of the molecule is COc1cccc(OC)c1C(=O)Nc1ccc2c(c1)N(C(=O)C(C)C)CCC2. The molecule has 0 unspecified atom stereocenters. The molecule has 2 aromatic rings. The number of hydrogen-bond donors (Lipinski definition) is 1. The molecule has 0 aliphatic carbocycles. The number of carbonyl (C=O) groups is 2. The molecule has 0 saturated heterocycles. The maximum absolute atomic E-state index is 12.9. The van der Waals surface area contributed by atoms with Crippen molar-refractivity contribution in [2.45, 2.75) is 26.7 Å². The second-order valence-corrected chi connectivity index (χ2v) is 7.08. The van der Waals surface area contributed by atoms with E-state index in [1.807, 2.05) is 36.9 Å². The van der Waals surface area contributed by atoms with Gasteiger partial charge in [0.15, 0.2) is 0 Å². The summed E-state index contributed by atoms with van der Waals surface area (Å²) in [5, 5.41) is 2.91. The molecular weight excluding hydrogens is 356 g/mol. The molecule has 0 saturated carbocycles. The average molecular weight is 382 g/mol. The monoisotopic (exact) mass is 382 g/mol. The summed E-state index contributed by atoms with van der Waals surface area (Å²) in [7, 11) is 3.03. The molecule has 1 aliphatic heterocycles. The van der Waals surface area contributed by atoms with Gasteiger partial charge in [0, 0.05) is 23.8 Å². The average Bonchev–Trinajstić information content (AvgIpc) is 2.71. The second-order valence-electron chi connectivity index (χ2n) is 7.08. The van der Waals surface area contributed by atoms with Crippen LogP contribution >= 0.6 is 0 Å². The van der Waals surface area contributed by atoms with Crippen molar-refractivity contribution in [3.63, 3.8) is 0 Å². The molecular formula is C22H26N2O4. The molecule has 0 fully saturated rings. The summed E-state index contributed by atoms with van der Waals surface area (Å²) in [5.74, 6) is 0.558. The number of ether oxygens (including phenoxy) is 2. The summed E-state index contributed by atoms with van der Waals surface area (Å²) in [4.78, 5) is 27.3. The van der Waals surface area contributed by atoms with Crippen LogP contribution < -0.4 is 19.7 Å². The second kappa shape index (κ2) is 8.33. The molecule has 148 valence electrons. The van der Waals surface area contributed by atoms with Crippen molar-refractivity contribution in [1.82, 2.24) is 0 Å². The van der Waals surface area contributed by atoms with Crippen LogP contribution in [0.15, 0.2) is 36.4 Å². The number of carbonyl (C=O) groups excluding carboxylic acids is 2. The lowest BCUT2D eigenvalue weighted by Gasteiger charge is -2.31. The lowest BCUT2D eigenvalue weighted by Crippen LogP contribution is -2.38. The van der Waals surface area contributed by atoms with Crippen LogP contribution in [0, 0.1) is 5.92 Å². The van der Waals surface area contributed by atoms with Crippen molar-refractivity contribution in [3.05, 3.63) is 47.5 Å². The first kappa shape index (κ1) is 19.7. The van der Waals surface area contributed by atoms with E-state index in [1.54, 1.807) is 18.2 Å². The third kappa shape index (κ3) is 3.81. The minimum Gasteiger partial charge on any atom is -0.496 e.